The van der Waals surface area contributed by atoms with Crippen molar-refractivity contribution in [1.82, 2.24) is 0 Å². The van der Waals surface area contributed by atoms with Gasteiger partial charge in [0.1, 0.15) is 11.5 Å². The number of ether oxygens (including phenoxy) is 2. The van der Waals surface area contributed by atoms with Crippen molar-refractivity contribution in [3.8, 4) is 11.5 Å². The monoisotopic (exact) mass is 300 g/mol. The highest BCUT2D eigenvalue weighted by Crippen LogP contribution is 2.31. The Morgan fingerprint density at radius 1 is 1.27 bits per heavy atom. The SMILES string of the molecule is COc1ccc(OC(F)(F)C(Cl)Br)cc1. The molecule has 0 heterocycles. The summed E-state index contributed by atoms with van der Waals surface area (Å²) in [7, 11) is 1.48. The summed E-state index contributed by atoms with van der Waals surface area (Å²) in [5.41, 5.74) is 0. The van der Waals surface area contributed by atoms with Crippen LogP contribution >= 0.6 is 27.5 Å². The van der Waals surface area contributed by atoms with Crippen molar-refractivity contribution in [2.45, 2.75) is 10.4 Å². The first-order valence-electron chi connectivity index (χ1n) is 3.95. The molecule has 0 saturated carbocycles. The Bertz CT molecular complexity index is 316. The standard InChI is InChI=1S/C9H8BrClF2O2/c1-14-6-2-4-7(5-3-6)15-9(12,13)8(10)11/h2-5,8H,1H3. The van der Waals surface area contributed by atoms with Crippen LogP contribution in [-0.4, -0.2) is 17.5 Å². The molecule has 0 amide bonds. The Morgan fingerprint density at radius 3 is 2.13 bits per heavy atom. The number of methoxy groups -OCH3 is 1. The van der Waals surface area contributed by atoms with Gasteiger partial charge in [-0.3, -0.25) is 0 Å². The van der Waals surface area contributed by atoms with Gasteiger partial charge in [0.15, 0.2) is 4.29 Å². The topological polar surface area (TPSA) is 18.5 Å². The van der Waals surface area contributed by atoms with Crippen molar-refractivity contribution in [3.05, 3.63) is 24.3 Å². The van der Waals surface area contributed by atoms with Gasteiger partial charge < -0.3 is 9.47 Å². The second-order valence-corrected chi connectivity index (χ2v) is 4.52. The van der Waals surface area contributed by atoms with Crippen LogP contribution in [0.5, 0.6) is 11.5 Å². The second-order valence-electron chi connectivity index (χ2n) is 2.64. The highest BCUT2D eigenvalue weighted by molar-refractivity contribution is 9.10. The molecule has 0 bridgehead atoms. The molecule has 2 nitrogen and oxygen atoms in total. The molecule has 1 unspecified atom stereocenters. The van der Waals surface area contributed by atoms with Gasteiger partial charge in [0, 0.05) is 0 Å². The van der Waals surface area contributed by atoms with E-state index in [1.165, 1.54) is 31.4 Å². The maximum absolute atomic E-state index is 13.0. The Morgan fingerprint density at radius 2 is 1.73 bits per heavy atom. The zero-order valence-electron chi connectivity index (χ0n) is 7.72. The van der Waals surface area contributed by atoms with E-state index >= 15 is 0 Å². The number of hydrogen-bond donors (Lipinski definition) is 0. The van der Waals surface area contributed by atoms with Gasteiger partial charge in [0.05, 0.1) is 7.11 Å². The molecule has 1 atom stereocenters. The highest BCUT2D eigenvalue weighted by Gasteiger charge is 2.39. The quantitative estimate of drug-likeness (QED) is 0.791. The molecule has 0 aliphatic carbocycles. The average molecular weight is 302 g/mol. The molecular weight excluding hydrogens is 293 g/mol. The smallest absolute Gasteiger partial charge is 0.424 e. The molecule has 0 saturated heterocycles. The minimum absolute atomic E-state index is 0.0194. The number of benzene rings is 1. The number of hydrogen-bond acceptors (Lipinski definition) is 2. The lowest BCUT2D eigenvalue weighted by Crippen LogP contribution is -2.31. The van der Waals surface area contributed by atoms with Crippen molar-refractivity contribution >= 4 is 27.5 Å². The van der Waals surface area contributed by atoms with Gasteiger partial charge in [-0.1, -0.05) is 27.5 Å². The van der Waals surface area contributed by atoms with Gasteiger partial charge >= 0.3 is 6.11 Å². The minimum atomic E-state index is -3.46. The molecule has 0 spiro atoms. The van der Waals surface area contributed by atoms with Gasteiger partial charge in [-0.2, -0.15) is 8.78 Å². The van der Waals surface area contributed by atoms with E-state index in [1.807, 2.05) is 0 Å². The maximum Gasteiger partial charge on any atom is 0.424 e. The minimum Gasteiger partial charge on any atom is -0.497 e. The van der Waals surface area contributed by atoms with Gasteiger partial charge in [-0.15, -0.1) is 0 Å². The van der Waals surface area contributed by atoms with Crippen LogP contribution in [0.15, 0.2) is 24.3 Å². The lowest BCUT2D eigenvalue weighted by atomic mass is 10.3. The largest absolute Gasteiger partial charge is 0.497 e. The predicted molar refractivity (Wildman–Crippen MR) is 57.1 cm³/mol. The van der Waals surface area contributed by atoms with Gasteiger partial charge in [0.25, 0.3) is 0 Å². The van der Waals surface area contributed by atoms with Crippen LogP contribution in [0.3, 0.4) is 0 Å². The van der Waals surface area contributed by atoms with Crippen molar-refractivity contribution in [2.24, 2.45) is 0 Å². The molecule has 0 radical (unpaired) electrons. The summed E-state index contributed by atoms with van der Waals surface area (Å²) < 4.78 is 33.7. The lowest BCUT2D eigenvalue weighted by molar-refractivity contribution is -0.161. The molecule has 0 aliphatic rings. The van der Waals surface area contributed by atoms with Crippen LogP contribution in [0.2, 0.25) is 0 Å². The molecule has 1 aromatic carbocycles. The Balaban J connectivity index is 2.73. The van der Waals surface area contributed by atoms with Crippen LogP contribution in [0.1, 0.15) is 0 Å². The summed E-state index contributed by atoms with van der Waals surface area (Å²) in [6.07, 6.45) is -3.46. The molecular formula is C9H8BrClF2O2. The third-order valence-electron chi connectivity index (χ3n) is 1.57. The summed E-state index contributed by atoms with van der Waals surface area (Å²) >= 11 is 7.74. The predicted octanol–water partition coefficient (Wildman–Crippen LogP) is 3.63. The molecule has 0 N–H and O–H groups in total. The van der Waals surface area contributed by atoms with Crippen molar-refractivity contribution in [2.75, 3.05) is 7.11 Å². The molecule has 1 rings (SSSR count). The van der Waals surface area contributed by atoms with E-state index in [2.05, 4.69) is 20.7 Å². The zero-order valence-corrected chi connectivity index (χ0v) is 10.1. The first-order valence-corrected chi connectivity index (χ1v) is 5.30. The van der Waals surface area contributed by atoms with Crippen molar-refractivity contribution in [1.29, 1.82) is 0 Å². The van der Waals surface area contributed by atoms with Crippen LogP contribution in [0.25, 0.3) is 0 Å². The normalized spacial score (nSPS) is 13.4. The fourth-order valence-corrected chi connectivity index (χ4v) is 0.983. The number of halogens is 4. The maximum atomic E-state index is 13.0. The first kappa shape index (κ1) is 12.5. The molecule has 1 aromatic rings. The third-order valence-corrected chi connectivity index (χ3v) is 2.35. The molecule has 15 heavy (non-hydrogen) atoms. The fraction of sp³-hybridized carbons (Fsp3) is 0.333. The van der Waals surface area contributed by atoms with E-state index in [0.717, 1.165) is 0 Å². The molecule has 84 valence electrons. The molecule has 0 fully saturated rings. The summed E-state index contributed by atoms with van der Waals surface area (Å²) in [4.78, 5) is 0. The molecule has 0 aromatic heterocycles. The number of rotatable bonds is 4. The average Bonchev–Trinajstić information content (AvgIpc) is 2.18. The Hall–Kier alpha value is -0.550. The fourth-order valence-electron chi connectivity index (χ4n) is 0.845. The summed E-state index contributed by atoms with van der Waals surface area (Å²) in [6.45, 7) is 0. The first-order chi connectivity index (χ1) is 6.95. The van der Waals surface area contributed by atoms with Crippen molar-refractivity contribution in [3.63, 3.8) is 0 Å². The Kier molecular flexibility index (Phi) is 4.16. The summed E-state index contributed by atoms with van der Waals surface area (Å²) in [5.74, 6) is 0.581. The third kappa shape index (κ3) is 3.50. The van der Waals surface area contributed by atoms with Crippen LogP contribution in [-0.2, 0) is 0 Å². The summed E-state index contributed by atoms with van der Waals surface area (Å²) in [6, 6.07) is 5.78. The zero-order chi connectivity index (χ0) is 11.5. The highest BCUT2D eigenvalue weighted by atomic mass is 79.9. The van der Waals surface area contributed by atoms with E-state index in [9.17, 15) is 8.78 Å². The lowest BCUT2D eigenvalue weighted by Gasteiger charge is -2.18. The summed E-state index contributed by atoms with van der Waals surface area (Å²) in [5, 5.41) is 0. The van der Waals surface area contributed by atoms with E-state index in [1.54, 1.807) is 0 Å². The van der Waals surface area contributed by atoms with E-state index in [-0.39, 0.29) is 5.75 Å². The van der Waals surface area contributed by atoms with E-state index in [4.69, 9.17) is 16.3 Å². The Labute approximate surface area is 99.3 Å². The van der Waals surface area contributed by atoms with Crippen molar-refractivity contribution < 1.29 is 18.3 Å². The molecule has 6 heteroatoms. The van der Waals surface area contributed by atoms with Gasteiger partial charge in [-0.05, 0) is 24.3 Å². The van der Waals surface area contributed by atoms with Gasteiger partial charge in [-0.25, -0.2) is 0 Å². The van der Waals surface area contributed by atoms with Crippen LogP contribution in [0, 0.1) is 0 Å². The van der Waals surface area contributed by atoms with Gasteiger partial charge in [0.2, 0.25) is 0 Å². The van der Waals surface area contributed by atoms with E-state index < -0.39 is 10.4 Å². The van der Waals surface area contributed by atoms with Crippen LogP contribution < -0.4 is 9.47 Å². The molecule has 0 aliphatic heterocycles. The van der Waals surface area contributed by atoms with Crippen LogP contribution in [0.4, 0.5) is 8.78 Å². The second kappa shape index (κ2) is 4.99. The van der Waals surface area contributed by atoms with E-state index in [0.29, 0.717) is 5.75 Å². The number of alkyl halides is 4.